The van der Waals surface area contributed by atoms with E-state index in [-0.39, 0.29) is 19.8 Å². The third-order valence-corrected chi connectivity index (χ3v) is 6.86. The molecule has 0 aliphatic carbocycles. The summed E-state index contributed by atoms with van der Waals surface area (Å²) in [5, 5.41) is 0. The number of rotatable bonds is 26. The Hall–Kier alpha value is -0.760. The minimum Gasteiger partial charge on any atom is -0.458 e. The van der Waals surface area contributed by atoms with Gasteiger partial charge in [0, 0.05) is 13.5 Å². The molecule has 0 saturated carbocycles. The first-order valence-electron chi connectivity index (χ1n) is 14.4. The molecule has 9 heteroatoms. The van der Waals surface area contributed by atoms with Gasteiger partial charge in [-0.25, -0.2) is 4.57 Å². The van der Waals surface area contributed by atoms with Gasteiger partial charge in [-0.2, -0.15) is 0 Å². The summed E-state index contributed by atoms with van der Waals surface area (Å²) in [6.07, 6.45) is 21.4. The minimum atomic E-state index is -4.22. The molecule has 0 fully saturated rings. The highest BCUT2D eigenvalue weighted by Crippen LogP contribution is 2.43. The van der Waals surface area contributed by atoms with Gasteiger partial charge in [0.25, 0.3) is 0 Å². The number of hydrogen-bond donors (Lipinski definition) is 1. The van der Waals surface area contributed by atoms with E-state index in [4.69, 9.17) is 18.5 Å². The zero-order valence-electron chi connectivity index (χ0n) is 24.5. The topological polar surface area (TPSA) is 91.3 Å². The molecule has 1 unspecified atom stereocenters. The van der Waals surface area contributed by atoms with Gasteiger partial charge in [-0.15, -0.1) is 0 Å². The summed E-state index contributed by atoms with van der Waals surface area (Å²) in [6.45, 7) is 4.59. The lowest BCUT2D eigenvalue weighted by molar-refractivity contribution is -0.870. The van der Waals surface area contributed by atoms with Crippen LogP contribution in [0.3, 0.4) is 0 Å². The van der Waals surface area contributed by atoms with Gasteiger partial charge >= 0.3 is 13.8 Å². The van der Waals surface area contributed by atoms with Crippen molar-refractivity contribution in [3.63, 3.8) is 0 Å². The molecule has 220 valence electrons. The first-order valence-corrected chi connectivity index (χ1v) is 15.9. The monoisotopic (exact) mass is 550 g/mol. The quantitative estimate of drug-likeness (QED) is 0.0416. The second-order valence-electron chi connectivity index (χ2n) is 10.9. The molecule has 0 aromatic heterocycles. The van der Waals surface area contributed by atoms with Crippen molar-refractivity contribution in [3.05, 3.63) is 12.2 Å². The first kappa shape index (κ1) is 36.2. The van der Waals surface area contributed by atoms with Crippen LogP contribution >= 0.6 is 7.82 Å². The van der Waals surface area contributed by atoms with Gasteiger partial charge < -0.3 is 18.9 Å². The lowest BCUT2D eigenvalue weighted by atomic mass is 10.1. The lowest BCUT2D eigenvalue weighted by Gasteiger charge is -2.24. The van der Waals surface area contributed by atoms with Crippen LogP contribution in [-0.2, 0) is 27.9 Å². The third kappa shape index (κ3) is 28.1. The Labute approximate surface area is 227 Å². The summed E-state index contributed by atoms with van der Waals surface area (Å²) in [7, 11) is 1.65. The van der Waals surface area contributed by atoms with Crippen molar-refractivity contribution in [2.75, 3.05) is 54.1 Å². The molecule has 0 saturated heterocycles. The number of phosphoric acid groups is 1. The number of carbonyl (C=O) groups excluding carboxylic acids is 1. The molecule has 0 radical (unpaired) electrons. The molecule has 0 aromatic rings. The molecule has 0 heterocycles. The summed E-state index contributed by atoms with van der Waals surface area (Å²) < 4.78 is 33.4. The van der Waals surface area contributed by atoms with E-state index in [0.29, 0.717) is 17.6 Å². The molecule has 0 aliphatic rings. The van der Waals surface area contributed by atoms with E-state index in [1.54, 1.807) is 0 Å². The number of allylic oxidation sites excluding steroid dienone is 2. The summed E-state index contributed by atoms with van der Waals surface area (Å²) in [5.41, 5.74) is 0. The molecule has 0 amide bonds. The zero-order valence-corrected chi connectivity index (χ0v) is 25.4. The third-order valence-electron chi connectivity index (χ3n) is 5.88. The molecule has 0 bridgehead atoms. The highest BCUT2D eigenvalue weighted by Gasteiger charge is 2.25. The van der Waals surface area contributed by atoms with Gasteiger partial charge in [-0.3, -0.25) is 13.8 Å². The van der Waals surface area contributed by atoms with Crippen molar-refractivity contribution in [1.82, 2.24) is 0 Å². The van der Waals surface area contributed by atoms with E-state index in [1.165, 1.54) is 84.0 Å². The Morgan fingerprint density at radius 1 is 0.811 bits per heavy atom. The van der Waals surface area contributed by atoms with Crippen LogP contribution < -0.4 is 0 Å². The number of hydrogen-bond acceptors (Lipinski definition) is 6. The summed E-state index contributed by atoms with van der Waals surface area (Å²) in [5.74, 6) is -0.492. The van der Waals surface area contributed by atoms with Crippen LogP contribution in [0.4, 0.5) is 0 Å². The highest BCUT2D eigenvalue weighted by molar-refractivity contribution is 7.47. The largest absolute Gasteiger partial charge is 0.472 e. The van der Waals surface area contributed by atoms with Gasteiger partial charge in [-0.1, -0.05) is 76.9 Å². The molecule has 37 heavy (non-hydrogen) atoms. The van der Waals surface area contributed by atoms with E-state index in [0.717, 1.165) is 12.8 Å². The van der Waals surface area contributed by atoms with Crippen molar-refractivity contribution >= 4 is 13.8 Å². The molecule has 8 nitrogen and oxygen atoms in total. The average Bonchev–Trinajstić information content (AvgIpc) is 2.80. The molecule has 0 aliphatic heterocycles. The second kappa shape index (κ2) is 23.2. The van der Waals surface area contributed by atoms with Gasteiger partial charge in [-0.05, 0) is 32.1 Å². The number of nitrogens with zero attached hydrogens (tertiary/aromatic N) is 1. The fraction of sp³-hybridized carbons (Fsp3) is 0.893. The Morgan fingerprint density at radius 2 is 1.35 bits per heavy atom. The predicted octanol–water partition coefficient (Wildman–Crippen LogP) is 6.81. The lowest BCUT2D eigenvalue weighted by Crippen LogP contribution is -2.37. The summed E-state index contributed by atoms with van der Waals surface area (Å²) >= 11 is 0. The zero-order chi connectivity index (χ0) is 27.8. The van der Waals surface area contributed by atoms with Crippen molar-refractivity contribution in [1.29, 1.82) is 0 Å². The van der Waals surface area contributed by atoms with Gasteiger partial charge in [0.05, 0.1) is 34.4 Å². The summed E-state index contributed by atoms with van der Waals surface area (Å²) in [6, 6.07) is 0. The van der Waals surface area contributed by atoms with E-state index in [9.17, 15) is 14.3 Å². The van der Waals surface area contributed by atoms with Gasteiger partial charge in [0.1, 0.15) is 19.3 Å². The maximum absolute atomic E-state index is 12.1. The molecule has 2 atom stereocenters. The van der Waals surface area contributed by atoms with E-state index < -0.39 is 19.9 Å². The van der Waals surface area contributed by atoms with Gasteiger partial charge in [0.2, 0.25) is 0 Å². The molecule has 0 aromatic carbocycles. The number of phosphoric ester groups is 1. The van der Waals surface area contributed by atoms with E-state index >= 15 is 0 Å². The van der Waals surface area contributed by atoms with Crippen molar-refractivity contribution in [2.45, 2.75) is 110 Å². The first-order chi connectivity index (χ1) is 17.6. The molecule has 0 spiro atoms. The number of likely N-dealkylation sites (N-methyl/N-ethyl adjacent to an activating group) is 1. The number of esters is 1. The fourth-order valence-electron chi connectivity index (χ4n) is 3.66. The van der Waals surface area contributed by atoms with E-state index in [1.807, 2.05) is 21.1 Å². The maximum atomic E-state index is 12.1. The number of ether oxygens (including phenoxy) is 2. The number of quaternary nitrogens is 1. The predicted molar refractivity (Wildman–Crippen MR) is 150 cm³/mol. The average molecular weight is 551 g/mol. The fourth-order valence-corrected chi connectivity index (χ4v) is 4.40. The molecular weight excluding hydrogens is 493 g/mol. The van der Waals surface area contributed by atoms with Crippen LogP contribution in [0.15, 0.2) is 12.2 Å². The van der Waals surface area contributed by atoms with Gasteiger partial charge in [0.15, 0.2) is 0 Å². The molecular formula is C28H57NO7P+. The van der Waals surface area contributed by atoms with Crippen LogP contribution in [0.5, 0.6) is 0 Å². The van der Waals surface area contributed by atoms with Crippen LogP contribution in [0, 0.1) is 0 Å². The van der Waals surface area contributed by atoms with Crippen molar-refractivity contribution in [3.8, 4) is 0 Å². The highest BCUT2D eigenvalue weighted by atomic mass is 31.2. The minimum absolute atomic E-state index is 0.0853. The maximum Gasteiger partial charge on any atom is 0.472 e. The van der Waals surface area contributed by atoms with Crippen LogP contribution in [0.1, 0.15) is 104 Å². The SMILES string of the molecule is CCCCCCCC/C=C\CCCCCCCCOC[C@@H](COP(=O)(O)OCC[N+](C)(C)C)OC(C)=O. The number of unbranched alkanes of at least 4 members (excludes halogenated alkanes) is 12. The van der Waals surface area contributed by atoms with Crippen LogP contribution in [-0.4, -0.2) is 75.6 Å². The number of carbonyl (C=O) groups is 1. The summed E-state index contributed by atoms with van der Waals surface area (Å²) in [4.78, 5) is 21.2. The Balaban J connectivity index is 3.77. The van der Waals surface area contributed by atoms with Crippen molar-refractivity contribution < 1.29 is 37.3 Å². The Morgan fingerprint density at radius 3 is 1.89 bits per heavy atom. The Kier molecular flexibility index (Phi) is 22.7. The van der Waals surface area contributed by atoms with Crippen LogP contribution in [0.25, 0.3) is 0 Å². The second-order valence-corrected chi connectivity index (χ2v) is 12.3. The standard InChI is InChI=1S/C28H56NO7P/c1-6-7-8-9-10-11-12-13-14-15-16-17-18-19-20-21-23-33-25-28(36-27(2)30)26-35-37(31,32)34-24-22-29(3,4)5/h13-14,28H,6-12,15-26H2,1-5H3/p+1/b14-13-/t28-/m0/s1. The van der Waals surface area contributed by atoms with Crippen LogP contribution in [0.2, 0.25) is 0 Å². The van der Waals surface area contributed by atoms with Crippen molar-refractivity contribution in [2.24, 2.45) is 0 Å². The molecule has 0 rings (SSSR count). The normalized spacial score (nSPS) is 14.6. The molecule has 1 N–H and O–H groups in total. The van der Waals surface area contributed by atoms with E-state index in [2.05, 4.69) is 19.1 Å². The Bertz CT molecular complexity index is 622. The smallest absolute Gasteiger partial charge is 0.458 e.